The van der Waals surface area contributed by atoms with Gasteiger partial charge in [-0.25, -0.2) is 9.97 Å². The predicted molar refractivity (Wildman–Crippen MR) is 126 cm³/mol. The largest absolute Gasteiger partial charge is 0.424 e. The van der Waals surface area contributed by atoms with E-state index in [0.717, 1.165) is 48.4 Å². The maximum absolute atomic E-state index is 12.5. The summed E-state index contributed by atoms with van der Waals surface area (Å²) in [7, 11) is 1.66. The van der Waals surface area contributed by atoms with Gasteiger partial charge in [-0.2, -0.15) is 0 Å². The highest BCUT2D eigenvalue weighted by Crippen LogP contribution is 2.30. The number of nitrogens with zero attached hydrogens (tertiary/aromatic N) is 4. The number of nitrogens with one attached hydrogen (secondary N) is 1. The van der Waals surface area contributed by atoms with E-state index < -0.39 is 0 Å². The zero-order chi connectivity index (χ0) is 22.6. The summed E-state index contributed by atoms with van der Waals surface area (Å²) < 4.78 is 5.77. The van der Waals surface area contributed by atoms with Crippen LogP contribution in [0, 0.1) is 0 Å². The second kappa shape index (κ2) is 9.34. The highest BCUT2D eigenvalue weighted by atomic mass is 16.5. The van der Waals surface area contributed by atoms with Crippen LogP contribution in [0.3, 0.4) is 0 Å². The fourth-order valence-corrected chi connectivity index (χ4v) is 4.35. The number of carbonyl (C=O) groups is 1. The third-order valence-electron chi connectivity index (χ3n) is 5.95. The summed E-state index contributed by atoms with van der Waals surface area (Å²) in [5.74, 6) is 0.930. The average molecular weight is 440 g/mol. The van der Waals surface area contributed by atoms with Crippen LogP contribution in [0.4, 0.5) is 0 Å². The van der Waals surface area contributed by atoms with Gasteiger partial charge in [-0.3, -0.25) is 14.7 Å². The molecule has 1 aliphatic rings. The Kier molecular flexibility index (Phi) is 5.95. The molecule has 0 aliphatic carbocycles. The topological polar surface area (TPSA) is 80.2 Å². The van der Waals surface area contributed by atoms with Crippen molar-refractivity contribution in [2.24, 2.45) is 0 Å². The zero-order valence-electron chi connectivity index (χ0n) is 18.4. The molecule has 33 heavy (non-hydrogen) atoms. The number of hydrogen-bond acceptors (Lipinski definition) is 6. The summed E-state index contributed by atoms with van der Waals surface area (Å²) in [6.07, 6.45) is 4.33. The highest BCUT2D eigenvalue weighted by molar-refractivity contribution is 6.06. The smallest absolute Gasteiger partial charge is 0.321 e. The summed E-state index contributed by atoms with van der Waals surface area (Å²) in [6, 6.07) is 19.9. The summed E-state index contributed by atoms with van der Waals surface area (Å²) >= 11 is 0. The Bertz CT molecular complexity index is 1280. The Balaban J connectivity index is 1.31. The van der Waals surface area contributed by atoms with E-state index in [-0.39, 0.29) is 11.8 Å². The molecule has 1 fully saturated rings. The van der Waals surface area contributed by atoms with Crippen LogP contribution in [-0.2, 0) is 6.54 Å². The Morgan fingerprint density at radius 2 is 1.94 bits per heavy atom. The van der Waals surface area contributed by atoms with Crippen molar-refractivity contribution in [2.45, 2.75) is 18.9 Å². The van der Waals surface area contributed by atoms with Crippen LogP contribution in [0.5, 0.6) is 11.8 Å². The highest BCUT2D eigenvalue weighted by Gasteiger charge is 2.26. The third kappa shape index (κ3) is 4.68. The normalized spacial score (nSPS) is 16.1. The number of likely N-dealkylation sites (tertiary alicyclic amines) is 1. The summed E-state index contributed by atoms with van der Waals surface area (Å²) in [5, 5.41) is 3.64. The number of amides is 1. The third-order valence-corrected chi connectivity index (χ3v) is 5.95. The molecular formula is C26H25N5O2. The molecule has 0 spiro atoms. The molecule has 5 rings (SSSR count). The number of fused-ring (bicyclic) bond motifs is 1. The van der Waals surface area contributed by atoms with Gasteiger partial charge in [-0.05, 0) is 48.9 Å². The number of ether oxygens (including phenoxy) is 1. The van der Waals surface area contributed by atoms with E-state index in [0.29, 0.717) is 11.6 Å². The quantitative estimate of drug-likeness (QED) is 0.486. The van der Waals surface area contributed by atoms with Crippen molar-refractivity contribution in [3.05, 3.63) is 89.9 Å². The van der Waals surface area contributed by atoms with Crippen LogP contribution in [0.15, 0.2) is 73.1 Å². The Labute approximate surface area is 192 Å². The fourth-order valence-electron chi connectivity index (χ4n) is 4.35. The molecule has 1 amide bonds. The molecule has 0 unspecified atom stereocenters. The number of hydrogen-bond donors (Lipinski definition) is 1. The standard InChI is InChI=1S/C26H25N5O2/c1-27-25(32)22-15-24(30-23-9-3-2-8-21(22)23)19-10-13-31(17-19)16-18-6-4-7-20(14-18)33-26-28-11-5-12-29-26/h2-9,11-12,14-15,19H,10,13,16-17H2,1H3,(H,27,32)/t19-/m1/s1. The SMILES string of the molecule is CNC(=O)c1cc([C@@H]2CCN(Cc3cccc(Oc4ncccn4)c3)C2)nc2ccccc12. The number of para-hydroxylation sites is 1. The predicted octanol–water partition coefficient (Wildman–Crippen LogP) is 4.17. The van der Waals surface area contributed by atoms with E-state index >= 15 is 0 Å². The molecule has 4 aromatic rings. The van der Waals surface area contributed by atoms with Crippen molar-refractivity contribution in [1.29, 1.82) is 0 Å². The van der Waals surface area contributed by atoms with Crippen molar-refractivity contribution < 1.29 is 9.53 Å². The molecule has 7 heteroatoms. The van der Waals surface area contributed by atoms with Crippen molar-refractivity contribution in [3.63, 3.8) is 0 Å². The fraction of sp³-hybridized carbons (Fsp3) is 0.231. The van der Waals surface area contributed by atoms with Crippen LogP contribution < -0.4 is 10.1 Å². The number of benzene rings is 2. The van der Waals surface area contributed by atoms with Crippen LogP contribution in [-0.4, -0.2) is 45.9 Å². The minimum atomic E-state index is -0.0797. The summed E-state index contributed by atoms with van der Waals surface area (Å²) in [5.41, 5.74) is 3.69. The number of pyridine rings is 1. The lowest BCUT2D eigenvalue weighted by Gasteiger charge is -2.17. The molecule has 1 aliphatic heterocycles. The van der Waals surface area contributed by atoms with Gasteiger partial charge in [0.2, 0.25) is 0 Å². The minimum absolute atomic E-state index is 0.0797. The molecule has 1 N–H and O–H groups in total. The molecule has 0 saturated carbocycles. The molecule has 166 valence electrons. The first-order chi connectivity index (χ1) is 16.2. The van der Waals surface area contributed by atoms with Gasteiger partial charge in [0, 0.05) is 49.5 Å². The van der Waals surface area contributed by atoms with Gasteiger partial charge >= 0.3 is 6.01 Å². The van der Waals surface area contributed by atoms with Gasteiger partial charge in [-0.1, -0.05) is 30.3 Å². The molecule has 0 radical (unpaired) electrons. The van der Waals surface area contributed by atoms with Gasteiger partial charge in [0.15, 0.2) is 0 Å². The average Bonchev–Trinajstić information content (AvgIpc) is 3.32. The first-order valence-electron chi connectivity index (χ1n) is 11.1. The van der Waals surface area contributed by atoms with Gasteiger partial charge in [-0.15, -0.1) is 0 Å². The number of rotatable bonds is 6. The summed E-state index contributed by atoms with van der Waals surface area (Å²) in [4.78, 5) is 28.0. The van der Waals surface area contributed by atoms with Gasteiger partial charge in [0.1, 0.15) is 5.75 Å². The molecule has 1 atom stereocenters. The van der Waals surface area contributed by atoms with Crippen LogP contribution in [0.1, 0.15) is 34.0 Å². The lowest BCUT2D eigenvalue weighted by atomic mass is 9.99. The van der Waals surface area contributed by atoms with E-state index in [1.54, 1.807) is 25.5 Å². The number of carbonyl (C=O) groups excluding carboxylic acids is 1. The maximum Gasteiger partial charge on any atom is 0.321 e. The summed E-state index contributed by atoms with van der Waals surface area (Å²) in [6.45, 7) is 2.69. The molecule has 2 aromatic carbocycles. The van der Waals surface area contributed by atoms with Gasteiger partial charge in [0.25, 0.3) is 5.91 Å². The molecule has 0 bridgehead atoms. The zero-order valence-corrected chi connectivity index (χ0v) is 18.4. The molecular weight excluding hydrogens is 414 g/mol. The minimum Gasteiger partial charge on any atom is -0.424 e. The van der Waals surface area contributed by atoms with E-state index in [1.807, 2.05) is 48.5 Å². The maximum atomic E-state index is 12.5. The Morgan fingerprint density at radius 3 is 2.79 bits per heavy atom. The van der Waals surface area contributed by atoms with E-state index in [9.17, 15) is 4.79 Å². The Morgan fingerprint density at radius 1 is 1.09 bits per heavy atom. The Hall–Kier alpha value is -3.84. The van der Waals surface area contributed by atoms with Crippen molar-refractivity contribution in [2.75, 3.05) is 20.1 Å². The van der Waals surface area contributed by atoms with Gasteiger partial charge in [0.05, 0.1) is 11.1 Å². The second-order valence-corrected chi connectivity index (χ2v) is 8.19. The second-order valence-electron chi connectivity index (χ2n) is 8.19. The molecule has 2 aromatic heterocycles. The van der Waals surface area contributed by atoms with Crippen molar-refractivity contribution >= 4 is 16.8 Å². The molecule has 3 heterocycles. The lowest BCUT2D eigenvalue weighted by molar-refractivity contribution is 0.0964. The first kappa shape index (κ1) is 21.0. The monoisotopic (exact) mass is 439 g/mol. The van der Waals surface area contributed by atoms with E-state index in [2.05, 4.69) is 26.3 Å². The number of aromatic nitrogens is 3. The van der Waals surface area contributed by atoms with Crippen molar-refractivity contribution in [3.8, 4) is 11.8 Å². The van der Waals surface area contributed by atoms with Crippen molar-refractivity contribution in [1.82, 2.24) is 25.2 Å². The van der Waals surface area contributed by atoms with E-state index in [1.165, 1.54) is 5.56 Å². The molecule has 1 saturated heterocycles. The van der Waals surface area contributed by atoms with Gasteiger partial charge < -0.3 is 10.1 Å². The molecule has 7 nitrogen and oxygen atoms in total. The lowest BCUT2D eigenvalue weighted by Crippen LogP contribution is -2.21. The van der Waals surface area contributed by atoms with Crippen LogP contribution in [0.2, 0.25) is 0 Å². The van der Waals surface area contributed by atoms with Crippen LogP contribution >= 0.6 is 0 Å². The first-order valence-corrected chi connectivity index (χ1v) is 11.1. The van der Waals surface area contributed by atoms with Crippen LogP contribution in [0.25, 0.3) is 10.9 Å². The van der Waals surface area contributed by atoms with E-state index in [4.69, 9.17) is 9.72 Å².